The van der Waals surface area contributed by atoms with Crippen molar-refractivity contribution in [1.29, 1.82) is 0 Å². The zero-order chi connectivity index (χ0) is 81.7. The molecule has 0 fully saturated rings. The van der Waals surface area contributed by atoms with Crippen LogP contribution in [0.1, 0.15) is 77.6 Å². The van der Waals surface area contributed by atoms with E-state index in [1.807, 2.05) is 0 Å². The maximum absolute atomic E-state index is 15.5. The van der Waals surface area contributed by atoms with E-state index in [4.69, 9.17) is 86.5 Å². The quantitative estimate of drug-likeness (QED) is 0.0135. The second kappa shape index (κ2) is 52.4. The molecule has 7 amide bonds. The van der Waals surface area contributed by atoms with Crippen molar-refractivity contribution < 1.29 is 124 Å². The van der Waals surface area contributed by atoms with Crippen molar-refractivity contribution in [3.05, 3.63) is 97.6 Å². The number of cyclic esters (lactones) is 1. The SMILES string of the molecule is CC[C@@]1(O)C(=O)OCc2c1cc1n(c2=O)Cc2c-1nc1cc(F)c(C)c3c1c2[C@@H](NC(=O)COCNC(=O)CNC(=O)[C@H](Cc1ccccc1)NC(=O)CNC(=O)CNC(=O)CC[C@H](N)C(=O)N(CCOCCOCCOCCOCCOCCOCCOC)CCOCCOCCOCCOCCOCCOCCOC)CC3. The third-order valence-corrected chi connectivity index (χ3v) is 18.5. The molecule has 0 unspecified atom stereocenters. The van der Waals surface area contributed by atoms with Crippen LogP contribution >= 0.6 is 0 Å². The molecule has 9 N–H and O–H groups in total. The number of fused-ring (bicyclic) bond motifs is 5. The van der Waals surface area contributed by atoms with E-state index in [9.17, 15) is 48.3 Å². The van der Waals surface area contributed by atoms with Gasteiger partial charge in [0.2, 0.25) is 41.4 Å². The van der Waals surface area contributed by atoms with Crippen LogP contribution in [0.2, 0.25) is 0 Å². The first kappa shape index (κ1) is 93.0. The molecule has 7 rings (SSSR count). The highest BCUT2D eigenvalue weighted by Crippen LogP contribution is 2.46. The number of nitrogens with two attached hydrogens (primary N) is 1. The van der Waals surface area contributed by atoms with Crippen LogP contribution in [0.25, 0.3) is 22.3 Å². The lowest BCUT2D eigenvalue weighted by Crippen LogP contribution is -2.52. The van der Waals surface area contributed by atoms with Crippen molar-refractivity contribution in [2.45, 2.75) is 89.3 Å². The Labute approximate surface area is 661 Å². The van der Waals surface area contributed by atoms with Gasteiger partial charge < -0.3 is 128 Å². The molecule has 0 bridgehead atoms. The van der Waals surface area contributed by atoms with Gasteiger partial charge in [-0.25, -0.2) is 14.2 Å². The summed E-state index contributed by atoms with van der Waals surface area (Å²) in [4.78, 5) is 126. The number of halogens is 1. The fourth-order valence-electron chi connectivity index (χ4n) is 12.4. The molecule has 0 saturated carbocycles. The maximum Gasteiger partial charge on any atom is 0.343 e. The van der Waals surface area contributed by atoms with Crippen molar-refractivity contribution in [2.24, 2.45) is 5.73 Å². The number of methoxy groups -OCH3 is 2. The first-order valence-electron chi connectivity index (χ1n) is 38.4. The Hall–Kier alpha value is -8.19. The standard InChI is InChI=1S/C77H113FN10O26/c1-5-77(98)58-44-64-72-56(49-88(64)74(95)57(58)50-114-76(77)97)71-61(13-11-55-53(2)59(78)45-62(86-72)70(55)71)84-69(93)51-113-52-83-67(91)47-82-73(94)63(43-54-9-7-6-8-10-54)85-68(92)48-81-66(90)46-80-65(89)14-12-60(79)75(96)87(15-17-101-23-25-105-31-33-109-39-41-111-37-35-107-29-27-103-21-19-99-3)16-18-102-24-26-106-32-34-110-40-42-112-38-36-108-30-28-104-22-20-100-4/h6-10,44-45,60-61,63,98H,5,11-43,46-52,79H2,1-4H3,(H,80,89)(H,81,90)(H,82,94)(H,83,91)(H,84,93)(H,85,92)/t60-,61-,63-,77-/m0/s1. The minimum Gasteiger partial charge on any atom is -0.458 e. The summed E-state index contributed by atoms with van der Waals surface area (Å²) in [7, 11) is 3.23. The number of aromatic nitrogens is 2. The Morgan fingerprint density at radius 1 is 0.623 bits per heavy atom. The van der Waals surface area contributed by atoms with Gasteiger partial charge in [0.1, 0.15) is 31.8 Å². The lowest BCUT2D eigenvalue weighted by molar-refractivity contribution is -0.172. The van der Waals surface area contributed by atoms with Gasteiger partial charge in [-0.3, -0.25) is 38.4 Å². The smallest absolute Gasteiger partial charge is 0.343 e. The molecule has 4 heterocycles. The minimum absolute atomic E-state index is 0.00832. The van der Waals surface area contributed by atoms with Crippen molar-refractivity contribution in [3.63, 3.8) is 0 Å². The number of esters is 1. The van der Waals surface area contributed by atoms with Gasteiger partial charge in [-0.15, -0.1) is 0 Å². The number of hydrogen-bond donors (Lipinski definition) is 8. The summed E-state index contributed by atoms with van der Waals surface area (Å²) in [6.45, 7) is 10.6. The number of rotatable bonds is 62. The van der Waals surface area contributed by atoms with E-state index in [2.05, 4.69) is 31.9 Å². The van der Waals surface area contributed by atoms with Gasteiger partial charge >= 0.3 is 5.97 Å². The Morgan fingerprint density at radius 3 is 1.64 bits per heavy atom. The fourth-order valence-corrected chi connectivity index (χ4v) is 12.4. The number of aliphatic hydroxyl groups is 1. The van der Waals surface area contributed by atoms with Gasteiger partial charge in [-0.05, 0) is 60.9 Å². The molecule has 114 heavy (non-hydrogen) atoms. The van der Waals surface area contributed by atoms with Crippen LogP contribution in [0.5, 0.6) is 0 Å². The number of carbonyl (C=O) groups is 8. The second-order valence-electron chi connectivity index (χ2n) is 26.4. The fraction of sp³-hybridized carbons (Fsp3) is 0.636. The minimum atomic E-state index is -2.07. The van der Waals surface area contributed by atoms with Crippen molar-refractivity contribution >= 4 is 58.2 Å². The number of pyridine rings is 2. The van der Waals surface area contributed by atoms with E-state index in [-0.39, 0.29) is 103 Å². The topological polar surface area (TPSA) is 441 Å². The number of amides is 7. The molecule has 0 saturated heterocycles. The van der Waals surface area contributed by atoms with Gasteiger partial charge in [-0.2, -0.15) is 0 Å². The van der Waals surface area contributed by atoms with E-state index in [1.165, 1.54) is 15.5 Å². The van der Waals surface area contributed by atoms with Crippen LogP contribution in [0, 0.1) is 12.7 Å². The van der Waals surface area contributed by atoms with Crippen molar-refractivity contribution in [1.82, 2.24) is 46.4 Å². The molecule has 2 aromatic heterocycles. The Kier molecular flexibility index (Phi) is 42.7. The highest BCUT2D eigenvalue weighted by atomic mass is 19.1. The number of ether oxygens (including phenoxy) is 16. The highest BCUT2D eigenvalue weighted by Gasteiger charge is 2.46. The van der Waals surface area contributed by atoms with Crippen molar-refractivity contribution in [2.75, 3.05) is 232 Å². The van der Waals surface area contributed by atoms with Gasteiger partial charge in [0.05, 0.1) is 233 Å². The van der Waals surface area contributed by atoms with Gasteiger partial charge in [0.25, 0.3) is 5.56 Å². The summed E-state index contributed by atoms with van der Waals surface area (Å²) in [5.41, 5.74) is 8.02. The van der Waals surface area contributed by atoms with Crippen LogP contribution in [-0.4, -0.2) is 311 Å². The van der Waals surface area contributed by atoms with Gasteiger partial charge in [0.15, 0.2) is 5.60 Å². The van der Waals surface area contributed by atoms with E-state index < -0.39 is 115 Å². The molecule has 4 atom stereocenters. The van der Waals surface area contributed by atoms with Crippen LogP contribution < -0.4 is 43.2 Å². The van der Waals surface area contributed by atoms with Gasteiger partial charge in [-0.1, -0.05) is 37.3 Å². The van der Waals surface area contributed by atoms with Crippen LogP contribution in [0.3, 0.4) is 0 Å². The monoisotopic (exact) mass is 1610 g/mol. The first-order valence-corrected chi connectivity index (χ1v) is 38.4. The molecular formula is C77H113FN10O26. The molecular weight excluding hydrogens is 1500 g/mol. The average molecular weight is 1610 g/mol. The molecule has 0 spiro atoms. The Bertz CT molecular complexity index is 3690. The highest BCUT2D eigenvalue weighted by molar-refractivity contribution is 5.95. The van der Waals surface area contributed by atoms with Crippen LogP contribution in [0.15, 0.2) is 47.3 Å². The Balaban J connectivity index is 0.787. The molecule has 634 valence electrons. The molecule has 36 nitrogen and oxygen atoms in total. The number of nitrogens with zero attached hydrogens (tertiary/aromatic N) is 3. The largest absolute Gasteiger partial charge is 0.458 e. The molecule has 0 radical (unpaired) electrons. The zero-order valence-corrected chi connectivity index (χ0v) is 65.7. The van der Waals surface area contributed by atoms with E-state index in [0.29, 0.717) is 195 Å². The normalized spacial score (nSPS) is 15.1. The Morgan fingerprint density at radius 2 is 1.11 bits per heavy atom. The lowest BCUT2D eigenvalue weighted by Gasteiger charge is -2.31. The number of hydrogen-bond acceptors (Lipinski definition) is 28. The molecule has 4 aromatic rings. The number of nitrogens with one attached hydrogen (secondary N) is 6. The van der Waals surface area contributed by atoms with E-state index in [1.54, 1.807) is 64.5 Å². The lowest BCUT2D eigenvalue weighted by atomic mass is 9.81. The molecule has 1 aliphatic carbocycles. The van der Waals surface area contributed by atoms with Crippen LogP contribution in [-0.2, 0) is 146 Å². The van der Waals surface area contributed by atoms with Crippen molar-refractivity contribution in [3.8, 4) is 11.4 Å². The third kappa shape index (κ3) is 31.1. The van der Waals surface area contributed by atoms with Gasteiger partial charge in [0, 0.05) is 62.7 Å². The second-order valence-corrected chi connectivity index (χ2v) is 26.4. The molecule has 3 aliphatic rings. The van der Waals surface area contributed by atoms with E-state index >= 15 is 4.39 Å². The zero-order valence-electron chi connectivity index (χ0n) is 65.7. The summed E-state index contributed by atoms with van der Waals surface area (Å²) in [6, 6.07) is 8.57. The maximum atomic E-state index is 15.5. The molecule has 2 aromatic carbocycles. The summed E-state index contributed by atoms with van der Waals surface area (Å²) >= 11 is 0. The number of benzene rings is 2. The molecule has 2 aliphatic heterocycles. The summed E-state index contributed by atoms with van der Waals surface area (Å²) in [5.74, 6) is -5.94. The average Bonchev–Trinajstić information content (AvgIpc) is 1.52. The van der Waals surface area contributed by atoms with E-state index in [0.717, 1.165) is 0 Å². The third-order valence-electron chi connectivity index (χ3n) is 18.5. The first-order chi connectivity index (χ1) is 55.4. The number of carbonyl (C=O) groups excluding carboxylic acids is 8. The predicted molar refractivity (Wildman–Crippen MR) is 406 cm³/mol. The molecule has 37 heteroatoms. The summed E-state index contributed by atoms with van der Waals surface area (Å²) in [5, 5.41) is 27.5. The summed E-state index contributed by atoms with van der Waals surface area (Å²) < 4.78 is 104. The predicted octanol–water partition coefficient (Wildman–Crippen LogP) is -0.775. The van der Waals surface area contributed by atoms with Crippen LogP contribution in [0.4, 0.5) is 4.39 Å². The number of aryl methyl sites for hydroxylation is 1. The summed E-state index contributed by atoms with van der Waals surface area (Å²) in [6.07, 6.45) is 0.347.